The van der Waals surface area contributed by atoms with Gasteiger partial charge in [-0.1, -0.05) is 19.3 Å². The highest BCUT2D eigenvalue weighted by atomic mass is 35.5. The van der Waals surface area contributed by atoms with Gasteiger partial charge in [-0.05, 0) is 43.7 Å². The lowest BCUT2D eigenvalue weighted by atomic mass is 9.92. The van der Waals surface area contributed by atoms with E-state index < -0.39 is 5.24 Å². The third kappa shape index (κ3) is 2.43. The highest BCUT2D eigenvalue weighted by Gasteiger charge is 2.32. The van der Waals surface area contributed by atoms with Crippen LogP contribution in [0.5, 0.6) is 0 Å². The lowest BCUT2D eigenvalue weighted by Gasteiger charge is -2.27. The molecule has 1 heterocycles. The summed E-state index contributed by atoms with van der Waals surface area (Å²) in [7, 11) is 0. The Morgan fingerprint density at radius 1 is 1.16 bits per heavy atom. The smallest absolute Gasteiger partial charge is 0.273 e. The van der Waals surface area contributed by atoms with Gasteiger partial charge < -0.3 is 0 Å². The number of nitrogens with zero attached hydrogens (tertiary/aromatic N) is 2. The maximum atomic E-state index is 11.6. The van der Waals surface area contributed by atoms with Crippen LogP contribution in [0.15, 0.2) is 0 Å². The molecule has 0 saturated heterocycles. The first-order chi connectivity index (χ1) is 9.18. The largest absolute Gasteiger partial charge is 0.274 e. The van der Waals surface area contributed by atoms with Gasteiger partial charge in [-0.15, -0.1) is 11.6 Å². The molecule has 0 radical (unpaired) electrons. The van der Waals surface area contributed by atoms with E-state index in [0.717, 1.165) is 43.4 Å². The van der Waals surface area contributed by atoms with E-state index in [1.165, 1.54) is 19.3 Å². The van der Waals surface area contributed by atoms with E-state index in [4.69, 9.17) is 23.2 Å². The van der Waals surface area contributed by atoms with Crippen molar-refractivity contribution in [3.63, 3.8) is 0 Å². The molecule has 1 aromatic heterocycles. The zero-order valence-corrected chi connectivity index (χ0v) is 12.4. The SMILES string of the molecule is O=C(Cl)c1nn(C2CCCCC2)c2c1CCCC2Cl. The minimum atomic E-state index is -0.448. The van der Waals surface area contributed by atoms with Gasteiger partial charge in [-0.3, -0.25) is 9.48 Å². The molecule has 2 aliphatic rings. The maximum Gasteiger partial charge on any atom is 0.273 e. The van der Waals surface area contributed by atoms with Gasteiger partial charge in [0, 0.05) is 5.56 Å². The molecule has 1 fully saturated rings. The minimum Gasteiger partial charge on any atom is -0.274 e. The summed E-state index contributed by atoms with van der Waals surface area (Å²) in [5, 5.41) is 4.04. The fourth-order valence-corrected chi connectivity index (χ4v) is 3.96. The van der Waals surface area contributed by atoms with Gasteiger partial charge in [0.15, 0.2) is 0 Å². The van der Waals surface area contributed by atoms with Gasteiger partial charge in [-0.2, -0.15) is 5.10 Å². The lowest BCUT2D eigenvalue weighted by Crippen LogP contribution is -2.19. The van der Waals surface area contributed by atoms with Crippen LogP contribution in [-0.4, -0.2) is 15.0 Å². The molecule has 0 aromatic carbocycles. The monoisotopic (exact) mass is 300 g/mol. The topological polar surface area (TPSA) is 34.9 Å². The molecule has 0 bridgehead atoms. The van der Waals surface area contributed by atoms with Crippen molar-refractivity contribution in [2.24, 2.45) is 0 Å². The summed E-state index contributed by atoms with van der Waals surface area (Å²) in [5.74, 6) is 0. The van der Waals surface area contributed by atoms with Crippen LogP contribution in [0.3, 0.4) is 0 Å². The summed E-state index contributed by atoms with van der Waals surface area (Å²) in [6, 6.07) is 0.395. The zero-order chi connectivity index (χ0) is 13.4. The lowest BCUT2D eigenvalue weighted by molar-refractivity contribution is 0.107. The average molecular weight is 301 g/mol. The first-order valence-electron chi connectivity index (χ1n) is 7.13. The van der Waals surface area contributed by atoms with E-state index in [1.54, 1.807) is 0 Å². The molecule has 2 aliphatic carbocycles. The molecule has 1 unspecified atom stereocenters. The Morgan fingerprint density at radius 2 is 1.89 bits per heavy atom. The Balaban J connectivity index is 2.05. The van der Waals surface area contributed by atoms with Crippen LogP contribution < -0.4 is 0 Å². The molecule has 5 heteroatoms. The summed E-state index contributed by atoms with van der Waals surface area (Å²) in [5.41, 5.74) is 2.49. The summed E-state index contributed by atoms with van der Waals surface area (Å²) in [6.07, 6.45) is 8.87. The van der Waals surface area contributed by atoms with Crippen molar-refractivity contribution in [3.8, 4) is 0 Å². The number of hydrogen-bond donors (Lipinski definition) is 0. The number of fused-ring (bicyclic) bond motifs is 1. The van der Waals surface area contributed by atoms with Crippen molar-refractivity contribution in [1.82, 2.24) is 9.78 Å². The molecular formula is C14H18Cl2N2O. The van der Waals surface area contributed by atoms with Crippen LogP contribution in [0.25, 0.3) is 0 Å². The van der Waals surface area contributed by atoms with Crippen LogP contribution in [0, 0.1) is 0 Å². The van der Waals surface area contributed by atoms with E-state index >= 15 is 0 Å². The number of halogens is 2. The number of aromatic nitrogens is 2. The summed E-state index contributed by atoms with van der Waals surface area (Å²) < 4.78 is 2.03. The van der Waals surface area contributed by atoms with E-state index in [2.05, 4.69) is 5.10 Å². The number of hydrogen-bond acceptors (Lipinski definition) is 2. The molecule has 0 amide bonds. The minimum absolute atomic E-state index is 0.0251. The normalized spacial score (nSPS) is 24.2. The summed E-state index contributed by atoms with van der Waals surface area (Å²) in [4.78, 5) is 11.6. The summed E-state index contributed by atoms with van der Waals surface area (Å²) >= 11 is 12.2. The number of alkyl halides is 1. The molecule has 0 aliphatic heterocycles. The second kappa shape index (κ2) is 5.45. The van der Waals surface area contributed by atoms with Gasteiger partial charge in [0.25, 0.3) is 5.24 Å². The Bertz CT molecular complexity index is 492. The number of carbonyl (C=O) groups excluding carboxylic acids is 1. The van der Waals surface area contributed by atoms with Crippen LogP contribution in [0.1, 0.15) is 78.1 Å². The van der Waals surface area contributed by atoms with Crippen molar-refractivity contribution in [1.29, 1.82) is 0 Å². The van der Waals surface area contributed by atoms with Crippen molar-refractivity contribution >= 4 is 28.4 Å². The predicted octanol–water partition coefficient (Wildman–Crippen LogP) is 4.38. The van der Waals surface area contributed by atoms with Gasteiger partial charge in [0.1, 0.15) is 5.69 Å². The Kier molecular flexibility index (Phi) is 3.86. The number of carbonyl (C=O) groups is 1. The van der Waals surface area contributed by atoms with Crippen molar-refractivity contribution in [3.05, 3.63) is 17.0 Å². The molecule has 1 aromatic rings. The second-order valence-corrected chi connectivity index (χ2v) is 6.45. The molecule has 3 rings (SSSR count). The summed E-state index contributed by atoms with van der Waals surface area (Å²) in [6.45, 7) is 0. The Hall–Kier alpha value is -0.540. The van der Waals surface area contributed by atoms with Crippen molar-refractivity contribution < 1.29 is 4.79 Å². The van der Waals surface area contributed by atoms with Gasteiger partial charge in [-0.25, -0.2) is 0 Å². The Labute approximate surface area is 123 Å². The standard InChI is InChI=1S/C14H18Cl2N2O/c15-11-8-4-7-10-12(14(16)19)17-18(13(10)11)9-5-2-1-3-6-9/h9,11H,1-8H2. The number of rotatable bonds is 2. The molecule has 19 heavy (non-hydrogen) atoms. The molecule has 104 valence electrons. The third-order valence-electron chi connectivity index (χ3n) is 4.34. The first-order valence-corrected chi connectivity index (χ1v) is 7.95. The van der Waals surface area contributed by atoms with E-state index in [0.29, 0.717) is 11.7 Å². The highest BCUT2D eigenvalue weighted by molar-refractivity contribution is 6.67. The highest BCUT2D eigenvalue weighted by Crippen LogP contribution is 2.40. The zero-order valence-electron chi connectivity index (χ0n) is 10.9. The molecule has 3 nitrogen and oxygen atoms in total. The van der Waals surface area contributed by atoms with Crippen molar-refractivity contribution in [2.75, 3.05) is 0 Å². The molecule has 1 atom stereocenters. The van der Waals surface area contributed by atoms with Crippen molar-refractivity contribution in [2.45, 2.75) is 62.8 Å². The molecule has 0 spiro atoms. The van der Waals surface area contributed by atoms with Crippen LogP contribution >= 0.6 is 23.2 Å². The van der Waals surface area contributed by atoms with E-state index in [-0.39, 0.29) is 5.38 Å². The molecule has 0 N–H and O–H groups in total. The predicted molar refractivity (Wildman–Crippen MR) is 76.1 cm³/mol. The second-order valence-electron chi connectivity index (χ2n) is 5.58. The van der Waals surface area contributed by atoms with Gasteiger partial charge in [0.05, 0.1) is 17.1 Å². The van der Waals surface area contributed by atoms with E-state index in [9.17, 15) is 4.79 Å². The fourth-order valence-electron chi connectivity index (χ4n) is 3.42. The third-order valence-corrected chi connectivity index (χ3v) is 4.94. The Morgan fingerprint density at radius 3 is 2.58 bits per heavy atom. The van der Waals surface area contributed by atoms with Gasteiger partial charge >= 0.3 is 0 Å². The molecule has 1 saturated carbocycles. The fraction of sp³-hybridized carbons (Fsp3) is 0.714. The first kappa shape index (κ1) is 13.4. The van der Waals surface area contributed by atoms with E-state index in [1.807, 2.05) is 4.68 Å². The van der Waals surface area contributed by atoms with Crippen LogP contribution in [0.2, 0.25) is 0 Å². The molecular weight excluding hydrogens is 283 g/mol. The average Bonchev–Trinajstić information content (AvgIpc) is 2.81. The van der Waals surface area contributed by atoms with Crippen LogP contribution in [0.4, 0.5) is 0 Å². The quantitative estimate of drug-likeness (QED) is 0.600. The van der Waals surface area contributed by atoms with Crippen LogP contribution in [-0.2, 0) is 6.42 Å². The van der Waals surface area contributed by atoms with Gasteiger partial charge in [0.2, 0.25) is 0 Å². The maximum absolute atomic E-state index is 11.6.